The quantitative estimate of drug-likeness (QED) is 0.452. The van der Waals surface area contributed by atoms with Crippen LogP contribution in [0.1, 0.15) is 31.5 Å². The van der Waals surface area contributed by atoms with Crippen molar-refractivity contribution in [3.05, 3.63) is 16.1 Å². The fourth-order valence-electron chi connectivity index (χ4n) is 1.42. The lowest BCUT2D eigenvalue weighted by atomic mass is 10.3. The molecule has 0 atom stereocenters. The molecule has 0 amide bonds. The molecule has 0 radical (unpaired) electrons. The molecular weight excluding hydrogens is 359 g/mol. The monoisotopic (exact) mass is 382 g/mol. The Balaban J connectivity index is 0.00000289. The predicted molar refractivity (Wildman–Crippen MR) is 90.3 cm³/mol. The number of nitrogens with zero attached hydrogens (tertiary/aromatic N) is 2. The molecule has 6 heteroatoms. The van der Waals surface area contributed by atoms with Crippen LogP contribution in [0.3, 0.4) is 0 Å². The molecule has 0 aliphatic carbocycles. The SMILES string of the molecule is CCNC(=NCCc1csc(CC)n1)NCC.I. The maximum Gasteiger partial charge on any atom is 0.191 e. The highest BCUT2D eigenvalue weighted by molar-refractivity contribution is 14.0. The van der Waals surface area contributed by atoms with Crippen LogP contribution in [-0.2, 0) is 12.8 Å². The third-order valence-corrected chi connectivity index (χ3v) is 3.27. The minimum absolute atomic E-state index is 0. The first kappa shape index (κ1) is 17.6. The van der Waals surface area contributed by atoms with E-state index >= 15 is 0 Å². The van der Waals surface area contributed by atoms with Gasteiger partial charge in [0.05, 0.1) is 10.7 Å². The highest BCUT2D eigenvalue weighted by Gasteiger charge is 2.00. The van der Waals surface area contributed by atoms with E-state index in [-0.39, 0.29) is 24.0 Å². The van der Waals surface area contributed by atoms with Gasteiger partial charge in [0, 0.05) is 31.4 Å². The molecule has 0 unspecified atom stereocenters. The van der Waals surface area contributed by atoms with Crippen LogP contribution >= 0.6 is 35.3 Å². The third kappa shape index (κ3) is 6.53. The number of aliphatic imine (C=N–C) groups is 1. The molecule has 0 saturated carbocycles. The van der Waals surface area contributed by atoms with Gasteiger partial charge in [0.15, 0.2) is 5.96 Å². The average molecular weight is 382 g/mol. The lowest BCUT2D eigenvalue weighted by Crippen LogP contribution is -2.37. The molecule has 0 aromatic carbocycles. The van der Waals surface area contributed by atoms with Gasteiger partial charge < -0.3 is 10.6 Å². The van der Waals surface area contributed by atoms with Crippen LogP contribution in [-0.4, -0.2) is 30.6 Å². The maximum absolute atomic E-state index is 4.53. The summed E-state index contributed by atoms with van der Waals surface area (Å²) in [5.74, 6) is 0.890. The summed E-state index contributed by atoms with van der Waals surface area (Å²) >= 11 is 1.74. The maximum atomic E-state index is 4.53. The van der Waals surface area contributed by atoms with Crippen LogP contribution in [0.4, 0.5) is 0 Å². The zero-order valence-electron chi connectivity index (χ0n) is 11.3. The Hall–Kier alpha value is -0.370. The molecule has 18 heavy (non-hydrogen) atoms. The summed E-state index contributed by atoms with van der Waals surface area (Å²) in [7, 11) is 0. The highest BCUT2D eigenvalue weighted by Crippen LogP contribution is 2.10. The minimum Gasteiger partial charge on any atom is -0.357 e. The molecule has 0 fully saturated rings. The second kappa shape index (κ2) is 10.5. The van der Waals surface area contributed by atoms with Gasteiger partial charge in [-0.3, -0.25) is 4.99 Å². The number of thiazole rings is 1. The summed E-state index contributed by atoms with van der Waals surface area (Å²) in [5.41, 5.74) is 1.16. The van der Waals surface area contributed by atoms with Crippen molar-refractivity contribution in [2.75, 3.05) is 19.6 Å². The third-order valence-electron chi connectivity index (χ3n) is 2.23. The number of nitrogens with one attached hydrogen (secondary N) is 2. The topological polar surface area (TPSA) is 49.3 Å². The lowest BCUT2D eigenvalue weighted by Gasteiger charge is -2.08. The van der Waals surface area contributed by atoms with E-state index in [0.29, 0.717) is 0 Å². The van der Waals surface area contributed by atoms with Crippen molar-refractivity contribution in [2.45, 2.75) is 33.6 Å². The Kier molecular flexibility index (Phi) is 10.3. The first-order valence-corrected chi connectivity index (χ1v) is 7.13. The summed E-state index contributed by atoms with van der Waals surface area (Å²) < 4.78 is 0. The predicted octanol–water partition coefficient (Wildman–Crippen LogP) is 2.44. The van der Waals surface area contributed by atoms with Gasteiger partial charge in [-0.2, -0.15) is 0 Å². The Bertz CT molecular complexity index is 344. The number of guanidine groups is 1. The summed E-state index contributed by atoms with van der Waals surface area (Å²) in [6.07, 6.45) is 1.94. The molecule has 2 N–H and O–H groups in total. The van der Waals surface area contributed by atoms with Gasteiger partial charge >= 0.3 is 0 Å². The Morgan fingerprint density at radius 2 is 1.94 bits per heavy atom. The largest absolute Gasteiger partial charge is 0.357 e. The number of aromatic nitrogens is 1. The van der Waals surface area contributed by atoms with Gasteiger partial charge in [-0.25, -0.2) is 4.98 Å². The van der Waals surface area contributed by atoms with Crippen molar-refractivity contribution in [2.24, 2.45) is 4.99 Å². The lowest BCUT2D eigenvalue weighted by molar-refractivity contribution is 0.828. The van der Waals surface area contributed by atoms with E-state index < -0.39 is 0 Å². The minimum atomic E-state index is 0. The van der Waals surface area contributed by atoms with Gasteiger partial charge in [-0.1, -0.05) is 6.92 Å². The molecule has 1 aromatic heterocycles. The van der Waals surface area contributed by atoms with E-state index in [1.54, 1.807) is 11.3 Å². The molecule has 1 heterocycles. The average Bonchev–Trinajstić information content (AvgIpc) is 2.77. The molecule has 0 spiro atoms. The molecular formula is C12H23IN4S. The van der Waals surface area contributed by atoms with E-state index in [0.717, 1.165) is 44.1 Å². The molecule has 1 aromatic rings. The Labute approximate surface area is 131 Å². The number of aryl methyl sites for hydroxylation is 1. The van der Waals surface area contributed by atoms with Crippen molar-refractivity contribution < 1.29 is 0 Å². The fourth-order valence-corrected chi connectivity index (χ4v) is 2.20. The molecule has 1 rings (SSSR count). The van der Waals surface area contributed by atoms with Crippen molar-refractivity contribution in [3.8, 4) is 0 Å². The molecule has 0 aliphatic rings. The fraction of sp³-hybridized carbons (Fsp3) is 0.667. The van der Waals surface area contributed by atoms with Gasteiger partial charge in [-0.15, -0.1) is 35.3 Å². The van der Waals surface area contributed by atoms with Crippen molar-refractivity contribution in [1.29, 1.82) is 0 Å². The number of rotatable bonds is 6. The highest BCUT2D eigenvalue weighted by atomic mass is 127. The second-order valence-electron chi connectivity index (χ2n) is 3.63. The van der Waals surface area contributed by atoms with Crippen LogP contribution in [0.2, 0.25) is 0 Å². The first-order chi connectivity index (χ1) is 8.30. The molecule has 0 saturated heterocycles. The van der Waals surface area contributed by atoms with E-state index in [4.69, 9.17) is 0 Å². The van der Waals surface area contributed by atoms with Crippen LogP contribution in [0, 0.1) is 0 Å². The normalized spacial score (nSPS) is 9.50. The summed E-state index contributed by atoms with van der Waals surface area (Å²) in [4.78, 5) is 9.02. The van der Waals surface area contributed by atoms with Crippen molar-refractivity contribution >= 4 is 41.3 Å². The van der Waals surface area contributed by atoms with Crippen LogP contribution in [0.25, 0.3) is 0 Å². The van der Waals surface area contributed by atoms with Gasteiger partial charge in [0.25, 0.3) is 0 Å². The number of hydrogen-bond donors (Lipinski definition) is 2. The zero-order chi connectivity index (χ0) is 12.5. The van der Waals surface area contributed by atoms with Crippen LogP contribution < -0.4 is 10.6 Å². The summed E-state index contributed by atoms with van der Waals surface area (Å²) in [6, 6.07) is 0. The summed E-state index contributed by atoms with van der Waals surface area (Å²) in [5, 5.41) is 9.76. The summed E-state index contributed by atoms with van der Waals surface area (Å²) in [6.45, 7) is 8.84. The molecule has 4 nitrogen and oxygen atoms in total. The van der Waals surface area contributed by atoms with E-state index in [9.17, 15) is 0 Å². The number of halogens is 1. The Morgan fingerprint density at radius 3 is 2.44 bits per heavy atom. The van der Waals surface area contributed by atoms with Gasteiger partial charge in [0.1, 0.15) is 0 Å². The van der Waals surface area contributed by atoms with Crippen molar-refractivity contribution in [1.82, 2.24) is 15.6 Å². The van der Waals surface area contributed by atoms with Crippen LogP contribution in [0.15, 0.2) is 10.4 Å². The van der Waals surface area contributed by atoms with E-state index in [1.807, 2.05) is 0 Å². The smallest absolute Gasteiger partial charge is 0.191 e. The number of hydrogen-bond acceptors (Lipinski definition) is 3. The first-order valence-electron chi connectivity index (χ1n) is 6.25. The molecule has 104 valence electrons. The van der Waals surface area contributed by atoms with Gasteiger partial charge in [0.2, 0.25) is 0 Å². The molecule has 0 aliphatic heterocycles. The standard InChI is InChI=1S/C12H22N4S.HI/c1-4-11-16-10(9-17-11)7-8-15-12(13-5-2)14-6-3;/h9H,4-8H2,1-3H3,(H2,13,14,15);1H. The van der Waals surface area contributed by atoms with E-state index in [2.05, 4.69) is 46.8 Å². The van der Waals surface area contributed by atoms with Crippen LogP contribution in [0.5, 0.6) is 0 Å². The zero-order valence-corrected chi connectivity index (χ0v) is 14.5. The van der Waals surface area contributed by atoms with E-state index in [1.165, 1.54) is 5.01 Å². The molecule has 0 bridgehead atoms. The second-order valence-corrected chi connectivity index (χ2v) is 4.57. The van der Waals surface area contributed by atoms with Gasteiger partial charge in [-0.05, 0) is 20.3 Å². The Morgan fingerprint density at radius 1 is 1.28 bits per heavy atom. The van der Waals surface area contributed by atoms with Crippen molar-refractivity contribution in [3.63, 3.8) is 0 Å².